The number of likely N-dealkylation sites (tertiary alicyclic amines) is 1. The maximum absolute atomic E-state index is 12.0. The van der Waals surface area contributed by atoms with Crippen molar-refractivity contribution in [3.63, 3.8) is 0 Å². The highest BCUT2D eigenvalue weighted by molar-refractivity contribution is 5.74. The SMILES string of the molecule is O=C(NC1CCCCC1)NC1CCN(CCCCCO)CC1. The van der Waals surface area contributed by atoms with Crippen LogP contribution in [0.15, 0.2) is 0 Å². The number of carbonyl (C=O) groups is 1. The smallest absolute Gasteiger partial charge is 0.315 e. The topological polar surface area (TPSA) is 64.6 Å². The third-order valence-electron chi connectivity index (χ3n) is 5.00. The van der Waals surface area contributed by atoms with Gasteiger partial charge >= 0.3 is 6.03 Å². The van der Waals surface area contributed by atoms with Gasteiger partial charge in [0.15, 0.2) is 0 Å². The first-order chi connectivity index (χ1) is 10.8. The zero-order valence-electron chi connectivity index (χ0n) is 13.9. The molecule has 2 fully saturated rings. The fraction of sp³-hybridized carbons (Fsp3) is 0.941. The molecule has 5 nitrogen and oxygen atoms in total. The summed E-state index contributed by atoms with van der Waals surface area (Å²) in [5.74, 6) is 0. The average Bonchev–Trinajstić information content (AvgIpc) is 2.54. The van der Waals surface area contributed by atoms with Crippen LogP contribution in [0.1, 0.15) is 64.2 Å². The van der Waals surface area contributed by atoms with Gasteiger partial charge in [0.2, 0.25) is 0 Å². The minimum absolute atomic E-state index is 0.0355. The van der Waals surface area contributed by atoms with Crippen LogP contribution in [0.4, 0.5) is 4.79 Å². The van der Waals surface area contributed by atoms with Crippen LogP contribution in [0, 0.1) is 0 Å². The first-order valence-electron chi connectivity index (χ1n) is 9.18. The summed E-state index contributed by atoms with van der Waals surface area (Å²) in [6.45, 7) is 3.59. The highest BCUT2D eigenvalue weighted by Gasteiger charge is 2.22. The van der Waals surface area contributed by atoms with Crippen molar-refractivity contribution < 1.29 is 9.90 Å². The molecule has 0 aromatic carbocycles. The van der Waals surface area contributed by atoms with Crippen molar-refractivity contribution in [3.05, 3.63) is 0 Å². The first kappa shape index (κ1) is 17.5. The summed E-state index contributed by atoms with van der Waals surface area (Å²) >= 11 is 0. The molecule has 2 rings (SSSR count). The number of hydrogen-bond donors (Lipinski definition) is 3. The molecule has 1 aliphatic carbocycles. The predicted molar refractivity (Wildman–Crippen MR) is 88.9 cm³/mol. The van der Waals surface area contributed by atoms with Gasteiger partial charge < -0.3 is 20.6 Å². The highest BCUT2D eigenvalue weighted by atomic mass is 16.2. The van der Waals surface area contributed by atoms with E-state index in [1.165, 1.54) is 25.7 Å². The van der Waals surface area contributed by atoms with E-state index < -0.39 is 0 Å². The standard InChI is InChI=1S/C17H33N3O2/c21-14-6-2-5-11-20-12-9-16(10-13-20)19-17(22)18-15-7-3-1-4-8-15/h15-16,21H,1-14H2,(H2,18,19,22). The number of nitrogens with zero attached hydrogens (tertiary/aromatic N) is 1. The average molecular weight is 311 g/mol. The van der Waals surface area contributed by atoms with Crippen LogP contribution in [0.2, 0.25) is 0 Å². The molecular weight excluding hydrogens is 278 g/mol. The maximum Gasteiger partial charge on any atom is 0.315 e. The van der Waals surface area contributed by atoms with E-state index in [2.05, 4.69) is 15.5 Å². The van der Waals surface area contributed by atoms with Gasteiger partial charge in [-0.1, -0.05) is 19.3 Å². The normalized spacial score (nSPS) is 21.7. The number of aliphatic hydroxyl groups is 1. The molecule has 3 N–H and O–H groups in total. The molecule has 5 heteroatoms. The Bertz CT molecular complexity index is 311. The Kier molecular flexibility index (Phi) is 8.02. The summed E-state index contributed by atoms with van der Waals surface area (Å²) in [7, 11) is 0. The summed E-state index contributed by atoms with van der Waals surface area (Å²) in [4.78, 5) is 14.5. The third-order valence-corrected chi connectivity index (χ3v) is 5.00. The summed E-state index contributed by atoms with van der Waals surface area (Å²) in [6, 6.07) is 0.756. The minimum Gasteiger partial charge on any atom is -0.396 e. The summed E-state index contributed by atoms with van der Waals surface area (Å²) in [5.41, 5.74) is 0. The summed E-state index contributed by atoms with van der Waals surface area (Å²) in [5, 5.41) is 15.1. The fourth-order valence-electron chi connectivity index (χ4n) is 3.58. The van der Waals surface area contributed by atoms with E-state index in [9.17, 15) is 4.79 Å². The minimum atomic E-state index is 0.0355. The molecule has 128 valence electrons. The number of carbonyl (C=O) groups excluding carboxylic acids is 1. The number of unbranched alkanes of at least 4 members (excludes halogenated alkanes) is 2. The Morgan fingerprint density at radius 3 is 2.18 bits per heavy atom. The van der Waals surface area contributed by atoms with E-state index in [1.807, 2.05) is 0 Å². The van der Waals surface area contributed by atoms with Crippen LogP contribution in [-0.4, -0.2) is 54.4 Å². The number of amides is 2. The number of hydrogen-bond acceptors (Lipinski definition) is 3. The van der Waals surface area contributed by atoms with Gasteiger partial charge in [-0.05, 0) is 51.5 Å². The van der Waals surface area contributed by atoms with Gasteiger partial charge in [-0.3, -0.25) is 0 Å². The molecule has 0 atom stereocenters. The third kappa shape index (κ3) is 6.53. The van der Waals surface area contributed by atoms with Gasteiger partial charge in [0.05, 0.1) is 0 Å². The van der Waals surface area contributed by atoms with Crippen molar-refractivity contribution in [2.24, 2.45) is 0 Å². The fourth-order valence-corrected chi connectivity index (χ4v) is 3.58. The molecule has 1 saturated heterocycles. The zero-order chi connectivity index (χ0) is 15.6. The lowest BCUT2D eigenvalue weighted by atomic mass is 9.96. The Hall–Kier alpha value is -0.810. The van der Waals surface area contributed by atoms with Gasteiger partial charge in [0.25, 0.3) is 0 Å². The van der Waals surface area contributed by atoms with Crippen molar-refractivity contribution >= 4 is 6.03 Å². The second-order valence-electron chi connectivity index (χ2n) is 6.85. The van der Waals surface area contributed by atoms with Gasteiger partial charge in [-0.25, -0.2) is 4.79 Å². The van der Waals surface area contributed by atoms with Gasteiger partial charge in [-0.15, -0.1) is 0 Å². The number of nitrogens with one attached hydrogen (secondary N) is 2. The molecule has 0 spiro atoms. The lowest BCUT2D eigenvalue weighted by molar-refractivity contribution is 0.186. The lowest BCUT2D eigenvalue weighted by Gasteiger charge is -2.33. The second-order valence-corrected chi connectivity index (χ2v) is 6.85. The Morgan fingerprint density at radius 1 is 0.909 bits per heavy atom. The largest absolute Gasteiger partial charge is 0.396 e. The molecule has 22 heavy (non-hydrogen) atoms. The summed E-state index contributed by atoms with van der Waals surface area (Å²) < 4.78 is 0. The van der Waals surface area contributed by atoms with E-state index in [1.54, 1.807) is 0 Å². The molecule has 1 heterocycles. The van der Waals surface area contributed by atoms with E-state index >= 15 is 0 Å². The first-order valence-corrected chi connectivity index (χ1v) is 9.18. The number of rotatable bonds is 7. The van der Waals surface area contributed by atoms with Crippen molar-refractivity contribution in [1.29, 1.82) is 0 Å². The lowest BCUT2D eigenvalue weighted by Crippen LogP contribution is -2.50. The van der Waals surface area contributed by atoms with Crippen LogP contribution in [0.5, 0.6) is 0 Å². The van der Waals surface area contributed by atoms with Crippen LogP contribution in [-0.2, 0) is 0 Å². The van der Waals surface area contributed by atoms with Crippen LogP contribution in [0.3, 0.4) is 0 Å². The number of urea groups is 1. The zero-order valence-corrected chi connectivity index (χ0v) is 13.9. The van der Waals surface area contributed by atoms with E-state index in [4.69, 9.17) is 5.11 Å². The van der Waals surface area contributed by atoms with Gasteiger partial charge in [0.1, 0.15) is 0 Å². The molecule has 2 amide bonds. The number of piperidine rings is 1. The van der Waals surface area contributed by atoms with Crippen molar-refractivity contribution in [3.8, 4) is 0 Å². The Balaban J connectivity index is 1.55. The van der Waals surface area contributed by atoms with Crippen molar-refractivity contribution in [2.75, 3.05) is 26.2 Å². The second kappa shape index (κ2) is 10.1. The van der Waals surface area contributed by atoms with Crippen LogP contribution < -0.4 is 10.6 Å². The van der Waals surface area contributed by atoms with E-state index in [0.29, 0.717) is 18.7 Å². The van der Waals surface area contributed by atoms with Crippen molar-refractivity contribution in [1.82, 2.24) is 15.5 Å². The molecule has 0 radical (unpaired) electrons. The molecule has 0 aromatic heterocycles. The maximum atomic E-state index is 12.0. The van der Waals surface area contributed by atoms with Crippen molar-refractivity contribution in [2.45, 2.75) is 76.3 Å². The molecule has 0 aromatic rings. The van der Waals surface area contributed by atoms with Crippen LogP contribution in [0.25, 0.3) is 0 Å². The Morgan fingerprint density at radius 2 is 1.55 bits per heavy atom. The number of aliphatic hydroxyl groups excluding tert-OH is 1. The monoisotopic (exact) mass is 311 g/mol. The molecule has 1 aliphatic heterocycles. The predicted octanol–water partition coefficient (Wildman–Crippen LogP) is 2.25. The molecule has 0 unspecified atom stereocenters. The van der Waals surface area contributed by atoms with Gasteiger partial charge in [-0.2, -0.15) is 0 Å². The van der Waals surface area contributed by atoms with E-state index in [0.717, 1.165) is 58.2 Å². The molecule has 2 aliphatic rings. The Labute approximate surface area is 134 Å². The molecule has 0 bridgehead atoms. The van der Waals surface area contributed by atoms with Crippen LogP contribution >= 0.6 is 0 Å². The van der Waals surface area contributed by atoms with E-state index in [-0.39, 0.29) is 6.03 Å². The quantitative estimate of drug-likeness (QED) is 0.632. The van der Waals surface area contributed by atoms with Gasteiger partial charge in [0, 0.05) is 31.8 Å². The molecule has 1 saturated carbocycles. The molecular formula is C17H33N3O2. The summed E-state index contributed by atoms with van der Waals surface area (Å²) in [6.07, 6.45) is 11.4. The highest BCUT2D eigenvalue weighted by Crippen LogP contribution is 2.17.